The monoisotopic (exact) mass is 553 g/mol. The van der Waals surface area contributed by atoms with Crippen molar-refractivity contribution in [3.05, 3.63) is 94.2 Å². The normalized spacial score (nSPS) is 14.9. The Morgan fingerprint density at radius 3 is 2.64 bits per heavy atom. The average molecular weight is 555 g/mol. The molecule has 7 heteroatoms. The summed E-state index contributed by atoms with van der Waals surface area (Å²) >= 11 is 3.58. The summed E-state index contributed by atoms with van der Waals surface area (Å²) in [7, 11) is 0. The number of halogens is 2. The molecule has 0 aliphatic carbocycles. The Morgan fingerprint density at radius 2 is 1.81 bits per heavy atom. The van der Waals surface area contributed by atoms with Crippen LogP contribution in [0.4, 0.5) is 10.1 Å². The molecule has 0 saturated carbocycles. The summed E-state index contributed by atoms with van der Waals surface area (Å²) in [5, 5.41) is 3.57. The van der Waals surface area contributed by atoms with Crippen molar-refractivity contribution in [3.63, 3.8) is 0 Å². The summed E-state index contributed by atoms with van der Waals surface area (Å²) in [5.41, 5.74) is 3.43. The van der Waals surface area contributed by atoms with E-state index in [1.807, 2.05) is 17.0 Å². The van der Waals surface area contributed by atoms with Crippen LogP contribution < -0.4 is 10.1 Å². The molecule has 5 nitrogen and oxygen atoms in total. The smallest absolute Gasteiger partial charge is 0.223 e. The number of amides is 1. The van der Waals surface area contributed by atoms with Gasteiger partial charge in [-0.1, -0.05) is 58.4 Å². The van der Waals surface area contributed by atoms with Gasteiger partial charge in [0.2, 0.25) is 5.91 Å². The van der Waals surface area contributed by atoms with Crippen molar-refractivity contribution >= 4 is 27.5 Å². The molecule has 0 unspecified atom stereocenters. The van der Waals surface area contributed by atoms with E-state index in [-0.39, 0.29) is 17.5 Å². The molecule has 0 spiro atoms. The van der Waals surface area contributed by atoms with Gasteiger partial charge in [0, 0.05) is 55.8 Å². The number of para-hydroxylation sites is 1. The molecular weight excluding hydrogens is 521 g/mol. The largest absolute Gasteiger partial charge is 0.491 e. The van der Waals surface area contributed by atoms with E-state index in [1.165, 1.54) is 11.6 Å². The zero-order valence-electron chi connectivity index (χ0n) is 20.5. The lowest BCUT2D eigenvalue weighted by atomic mass is 10.1. The van der Waals surface area contributed by atoms with Gasteiger partial charge in [-0.3, -0.25) is 9.69 Å². The van der Waals surface area contributed by atoms with Crippen molar-refractivity contribution < 1.29 is 13.9 Å². The molecule has 4 rings (SSSR count). The minimum absolute atomic E-state index is 0.0805. The molecule has 0 saturated heterocycles. The molecule has 0 radical (unpaired) electrons. The predicted octanol–water partition coefficient (Wildman–Crippen LogP) is 6.09. The molecule has 1 aliphatic rings. The van der Waals surface area contributed by atoms with E-state index in [0.29, 0.717) is 32.5 Å². The standard InChI is InChI=1S/C29H33BrFN3O2/c30-25-13-14-27-24(20-25)22-34(29(35)12-6-19-36-28-11-5-4-10-26(28)31)18-17-33(16-7-15-32-27)21-23-8-2-1-3-9-23/h1-5,8-11,13-14,20,32H,6-7,12,15-19,21-22H2. The van der Waals surface area contributed by atoms with Crippen LogP contribution in [0.3, 0.4) is 0 Å². The molecule has 36 heavy (non-hydrogen) atoms. The summed E-state index contributed by atoms with van der Waals surface area (Å²) in [6, 6.07) is 23.0. The third-order valence-corrected chi connectivity index (χ3v) is 6.81. The second-order valence-electron chi connectivity index (χ2n) is 9.04. The molecule has 1 heterocycles. The van der Waals surface area contributed by atoms with Gasteiger partial charge in [0.1, 0.15) is 0 Å². The number of hydrogen-bond acceptors (Lipinski definition) is 4. The van der Waals surface area contributed by atoms with Gasteiger partial charge in [-0.15, -0.1) is 0 Å². The van der Waals surface area contributed by atoms with Crippen molar-refractivity contribution in [2.24, 2.45) is 0 Å². The van der Waals surface area contributed by atoms with E-state index in [9.17, 15) is 9.18 Å². The van der Waals surface area contributed by atoms with E-state index in [2.05, 4.69) is 62.5 Å². The van der Waals surface area contributed by atoms with Crippen molar-refractivity contribution in [2.45, 2.75) is 32.4 Å². The number of ether oxygens (including phenoxy) is 1. The average Bonchev–Trinajstić information content (AvgIpc) is 2.92. The Kier molecular flexibility index (Phi) is 9.76. The van der Waals surface area contributed by atoms with Crippen LogP contribution in [0.1, 0.15) is 30.4 Å². The van der Waals surface area contributed by atoms with E-state index in [0.717, 1.165) is 48.3 Å². The third kappa shape index (κ3) is 7.80. The lowest BCUT2D eigenvalue weighted by Gasteiger charge is -2.28. The van der Waals surface area contributed by atoms with Gasteiger partial charge in [0.25, 0.3) is 0 Å². The van der Waals surface area contributed by atoms with E-state index in [4.69, 9.17) is 4.74 Å². The number of rotatable bonds is 7. The number of fused-ring (bicyclic) bond motifs is 1. The lowest BCUT2D eigenvalue weighted by molar-refractivity contribution is -0.132. The quantitative estimate of drug-likeness (QED) is 0.359. The van der Waals surface area contributed by atoms with E-state index >= 15 is 0 Å². The predicted molar refractivity (Wildman–Crippen MR) is 146 cm³/mol. The maximum atomic E-state index is 13.8. The highest BCUT2D eigenvalue weighted by atomic mass is 79.9. The molecule has 0 aromatic heterocycles. The molecule has 1 N–H and O–H groups in total. The number of hydrogen-bond donors (Lipinski definition) is 1. The maximum absolute atomic E-state index is 13.8. The number of nitrogens with zero attached hydrogens (tertiary/aromatic N) is 2. The highest BCUT2D eigenvalue weighted by Gasteiger charge is 2.19. The van der Waals surface area contributed by atoms with Gasteiger partial charge in [0.05, 0.1) is 6.61 Å². The summed E-state index contributed by atoms with van der Waals surface area (Å²) in [5.74, 6) is -0.0808. The Labute approximate surface area is 221 Å². The van der Waals surface area contributed by atoms with E-state index < -0.39 is 0 Å². The maximum Gasteiger partial charge on any atom is 0.223 e. The second-order valence-corrected chi connectivity index (χ2v) is 9.96. The molecular formula is C29H33BrFN3O2. The Hall–Kier alpha value is -2.90. The zero-order valence-corrected chi connectivity index (χ0v) is 22.1. The first-order valence-corrected chi connectivity index (χ1v) is 13.3. The van der Waals surface area contributed by atoms with Gasteiger partial charge >= 0.3 is 0 Å². The molecule has 1 amide bonds. The number of carbonyl (C=O) groups excluding carboxylic acids is 1. The Balaban J connectivity index is 1.42. The molecule has 3 aromatic carbocycles. The van der Waals surface area contributed by atoms with Crippen molar-refractivity contribution in [1.29, 1.82) is 0 Å². The Morgan fingerprint density at radius 1 is 1.00 bits per heavy atom. The van der Waals surface area contributed by atoms with Crippen LogP contribution in [0.2, 0.25) is 0 Å². The van der Waals surface area contributed by atoms with Crippen molar-refractivity contribution in [3.8, 4) is 5.75 Å². The van der Waals surface area contributed by atoms with Crippen LogP contribution >= 0.6 is 15.9 Å². The summed E-state index contributed by atoms with van der Waals surface area (Å²) < 4.78 is 20.4. The van der Waals surface area contributed by atoms with Gasteiger partial charge in [-0.05, 0) is 54.3 Å². The fourth-order valence-corrected chi connectivity index (χ4v) is 4.80. The highest BCUT2D eigenvalue weighted by molar-refractivity contribution is 9.10. The zero-order chi connectivity index (χ0) is 25.2. The highest BCUT2D eigenvalue weighted by Crippen LogP contribution is 2.24. The minimum atomic E-state index is -0.385. The minimum Gasteiger partial charge on any atom is -0.491 e. The number of nitrogens with one attached hydrogen (secondary N) is 1. The van der Waals surface area contributed by atoms with Gasteiger partial charge in [-0.25, -0.2) is 4.39 Å². The first-order chi connectivity index (χ1) is 17.6. The first-order valence-electron chi connectivity index (χ1n) is 12.5. The molecule has 0 atom stereocenters. The summed E-state index contributed by atoms with van der Waals surface area (Å²) in [4.78, 5) is 17.7. The van der Waals surface area contributed by atoms with Gasteiger partial charge < -0.3 is 15.0 Å². The molecule has 190 valence electrons. The number of anilines is 1. The Bertz CT molecular complexity index is 1130. The van der Waals surface area contributed by atoms with Crippen LogP contribution in [0.25, 0.3) is 0 Å². The van der Waals surface area contributed by atoms with Crippen molar-refractivity contribution in [2.75, 3.05) is 38.1 Å². The van der Waals surface area contributed by atoms with Gasteiger partial charge in [-0.2, -0.15) is 0 Å². The molecule has 3 aromatic rings. The van der Waals surface area contributed by atoms with E-state index in [1.54, 1.807) is 18.2 Å². The first kappa shape index (κ1) is 26.2. The fourth-order valence-electron chi connectivity index (χ4n) is 4.39. The van der Waals surface area contributed by atoms with Crippen LogP contribution in [-0.4, -0.2) is 48.5 Å². The van der Waals surface area contributed by atoms with Crippen LogP contribution in [-0.2, 0) is 17.9 Å². The van der Waals surface area contributed by atoms with Gasteiger partial charge in [0.15, 0.2) is 11.6 Å². The molecule has 0 fully saturated rings. The van der Waals surface area contributed by atoms with Crippen LogP contribution in [0.15, 0.2) is 77.3 Å². The lowest BCUT2D eigenvalue weighted by Crippen LogP contribution is -2.38. The van der Waals surface area contributed by atoms with Crippen LogP contribution in [0, 0.1) is 5.82 Å². The molecule has 1 aliphatic heterocycles. The number of carbonyl (C=O) groups is 1. The topological polar surface area (TPSA) is 44.8 Å². The molecule has 0 bridgehead atoms. The second kappa shape index (κ2) is 13.4. The summed E-state index contributed by atoms with van der Waals surface area (Å²) in [6.45, 7) is 4.96. The number of benzene rings is 3. The third-order valence-electron chi connectivity index (χ3n) is 6.31. The SMILES string of the molecule is O=C(CCCOc1ccccc1F)N1CCN(Cc2ccccc2)CCCNc2ccc(Br)cc2C1. The fraction of sp³-hybridized carbons (Fsp3) is 0.345. The summed E-state index contributed by atoms with van der Waals surface area (Å²) in [6.07, 6.45) is 1.90. The van der Waals surface area contributed by atoms with Crippen molar-refractivity contribution in [1.82, 2.24) is 9.80 Å². The van der Waals surface area contributed by atoms with Crippen LogP contribution in [0.5, 0.6) is 5.75 Å².